The van der Waals surface area contributed by atoms with Crippen LogP contribution in [-0.2, 0) is 28.1 Å². The lowest BCUT2D eigenvalue weighted by Gasteiger charge is -2.34. The van der Waals surface area contributed by atoms with E-state index in [2.05, 4.69) is 10.4 Å². The van der Waals surface area contributed by atoms with Gasteiger partial charge in [0.1, 0.15) is 26.9 Å². The number of alkyl halides is 3. The third kappa shape index (κ3) is 9.56. The Bertz CT molecular complexity index is 2490. The Kier molecular flexibility index (Phi) is 12.5. The second kappa shape index (κ2) is 16.8. The molecule has 0 saturated heterocycles. The van der Waals surface area contributed by atoms with Gasteiger partial charge in [-0.3, -0.25) is 19.1 Å². The maximum atomic E-state index is 14.4. The van der Waals surface area contributed by atoms with Crippen LogP contribution in [-0.4, -0.2) is 100 Å². The second-order valence-corrected chi connectivity index (χ2v) is 16.3. The average Bonchev–Trinajstić information content (AvgIpc) is 3.91. The van der Waals surface area contributed by atoms with Gasteiger partial charge in [0.05, 0.1) is 79.6 Å². The van der Waals surface area contributed by atoms with Crippen molar-refractivity contribution in [3.05, 3.63) is 118 Å². The van der Waals surface area contributed by atoms with Gasteiger partial charge in [-0.2, -0.15) is 23.5 Å². The van der Waals surface area contributed by atoms with Gasteiger partial charge in [0.2, 0.25) is 5.91 Å². The van der Waals surface area contributed by atoms with Crippen molar-refractivity contribution in [2.45, 2.75) is 42.3 Å². The van der Waals surface area contributed by atoms with E-state index in [1.165, 1.54) is 59.0 Å². The first-order valence-corrected chi connectivity index (χ1v) is 19.5. The summed E-state index contributed by atoms with van der Waals surface area (Å²) in [5.41, 5.74) is -2.24. The summed E-state index contributed by atoms with van der Waals surface area (Å²) >= 11 is 0. The highest BCUT2D eigenvalue weighted by Gasteiger charge is 2.45. The molecule has 1 N–H and O–H groups in total. The summed E-state index contributed by atoms with van der Waals surface area (Å²) in [6.07, 6.45) is -1.08. The zero-order valence-electron chi connectivity index (χ0n) is 32.5. The van der Waals surface area contributed by atoms with Gasteiger partial charge in [-0.25, -0.2) is 17.8 Å². The number of quaternary nitrogens is 1. The van der Waals surface area contributed by atoms with Crippen LogP contribution in [0.25, 0.3) is 22.8 Å². The number of hydrogen-bond donors (Lipinski definition) is 1. The third-order valence-corrected chi connectivity index (χ3v) is 10.6. The Labute approximate surface area is 333 Å². The molecule has 6 rings (SSSR count). The summed E-state index contributed by atoms with van der Waals surface area (Å²) < 4.78 is 76.4. The molecule has 3 aromatic carbocycles. The lowest BCUT2D eigenvalue weighted by molar-refractivity contribution is -0.869. The number of likely N-dealkylation sites (N-methyl/N-ethyl adjacent to an activating group) is 2. The first-order valence-electron chi connectivity index (χ1n) is 18.1. The van der Waals surface area contributed by atoms with Crippen molar-refractivity contribution in [3.8, 4) is 28.8 Å². The summed E-state index contributed by atoms with van der Waals surface area (Å²) in [6.45, 7) is 1.12. The number of hydrogen-bond acceptors (Lipinski definition) is 8. The molecule has 1 aliphatic carbocycles. The minimum absolute atomic E-state index is 0.0794. The molecule has 0 bridgehead atoms. The van der Waals surface area contributed by atoms with Gasteiger partial charge in [0.25, 0.3) is 11.5 Å². The normalized spacial score (nSPS) is 13.9. The molecule has 2 heterocycles. The zero-order chi connectivity index (χ0) is 42.6. The largest absolute Gasteiger partial charge is 0.744 e. The molecule has 14 nitrogen and oxygen atoms in total. The molecule has 5 aromatic rings. The molecule has 1 fully saturated rings. The van der Waals surface area contributed by atoms with E-state index >= 15 is 0 Å². The Balaban J connectivity index is 0.000000559. The van der Waals surface area contributed by atoms with Crippen molar-refractivity contribution in [3.63, 3.8) is 0 Å². The standard InChI is InChI=1S/C34H37F3N8O3.C6H6O3S/c1-41(19-20-45(3,4)5)32(48)33(16-6-7-17-33)40-30(46)28-29(27-15-18-39-43(27)25-13-11-23(22-38)12-14-25)42(2)44(31(28)47)26-10-8-9-24(21-26)34(35,36)37;7-10(8,9)6-4-2-1-3-5-6/h8-15,18,21H,6-7,16-17,19-20H2,1-5H3;1-5H,(H,7,8,9). The molecular formula is C40H43F3N8O6S. The highest BCUT2D eigenvalue weighted by molar-refractivity contribution is 7.85. The van der Waals surface area contributed by atoms with Gasteiger partial charge in [0.15, 0.2) is 0 Å². The van der Waals surface area contributed by atoms with Crippen molar-refractivity contribution < 1.29 is 40.2 Å². The molecule has 306 valence electrons. The highest BCUT2D eigenvalue weighted by Crippen LogP contribution is 2.34. The number of carbonyl (C=O) groups excluding carboxylic acids is 2. The van der Waals surface area contributed by atoms with Gasteiger partial charge in [0, 0.05) is 14.1 Å². The molecular weight excluding hydrogens is 778 g/mol. The fourth-order valence-electron chi connectivity index (χ4n) is 6.73. The number of nitrogens with zero attached hydrogens (tertiary/aromatic N) is 7. The fourth-order valence-corrected chi connectivity index (χ4v) is 7.22. The number of amides is 2. The zero-order valence-corrected chi connectivity index (χ0v) is 33.3. The number of nitriles is 1. The van der Waals surface area contributed by atoms with Crippen LogP contribution in [0.5, 0.6) is 0 Å². The summed E-state index contributed by atoms with van der Waals surface area (Å²) in [5, 5.41) is 16.6. The SMILES string of the molecule is CN(CC[N+](C)(C)C)C(=O)C1(NC(=O)c2c(-c3ccnn3-c3ccc(C#N)cc3)n(C)n(-c3cccc(C(F)(F)F)c3)c2=O)CCCC1.O=S(=O)([O-])c1ccccc1. The van der Waals surface area contributed by atoms with E-state index in [1.807, 2.05) is 27.2 Å². The Morgan fingerprint density at radius 1 is 0.983 bits per heavy atom. The quantitative estimate of drug-likeness (QED) is 0.156. The van der Waals surface area contributed by atoms with Crippen LogP contribution in [0, 0.1) is 11.3 Å². The molecule has 0 atom stereocenters. The van der Waals surface area contributed by atoms with Crippen molar-refractivity contribution in [1.29, 1.82) is 5.26 Å². The molecule has 0 radical (unpaired) electrons. The minimum atomic E-state index is -4.67. The monoisotopic (exact) mass is 820 g/mol. The van der Waals surface area contributed by atoms with Crippen LogP contribution in [0.4, 0.5) is 13.2 Å². The van der Waals surface area contributed by atoms with Crippen LogP contribution < -0.4 is 10.9 Å². The number of carbonyl (C=O) groups is 2. The Hall–Kier alpha value is -6.03. The van der Waals surface area contributed by atoms with E-state index in [9.17, 15) is 45.8 Å². The second-order valence-electron chi connectivity index (χ2n) is 15.0. The van der Waals surface area contributed by atoms with Crippen LogP contribution in [0.15, 0.2) is 101 Å². The molecule has 1 saturated carbocycles. The van der Waals surface area contributed by atoms with Gasteiger partial charge in [-0.1, -0.05) is 37.1 Å². The number of aromatic nitrogens is 4. The predicted octanol–water partition coefficient (Wildman–Crippen LogP) is 4.72. The van der Waals surface area contributed by atoms with Crippen LogP contribution in [0.3, 0.4) is 0 Å². The van der Waals surface area contributed by atoms with E-state index in [1.54, 1.807) is 48.3 Å². The van der Waals surface area contributed by atoms with Crippen molar-refractivity contribution in [1.82, 2.24) is 29.4 Å². The maximum Gasteiger partial charge on any atom is 0.416 e. The number of halogens is 3. The van der Waals surface area contributed by atoms with E-state index in [4.69, 9.17) is 0 Å². The minimum Gasteiger partial charge on any atom is -0.744 e. The maximum absolute atomic E-state index is 14.4. The predicted molar refractivity (Wildman–Crippen MR) is 207 cm³/mol. The average molecular weight is 821 g/mol. The molecule has 18 heteroatoms. The smallest absolute Gasteiger partial charge is 0.416 e. The fraction of sp³-hybridized carbons (Fsp3) is 0.325. The van der Waals surface area contributed by atoms with Gasteiger partial charge in [-0.15, -0.1) is 0 Å². The van der Waals surface area contributed by atoms with Gasteiger partial charge < -0.3 is 19.3 Å². The van der Waals surface area contributed by atoms with E-state index in [0.717, 1.165) is 16.8 Å². The molecule has 0 aliphatic heterocycles. The number of nitrogens with one attached hydrogen (secondary N) is 1. The molecule has 1 aliphatic rings. The van der Waals surface area contributed by atoms with Crippen molar-refractivity contribution >= 4 is 21.9 Å². The van der Waals surface area contributed by atoms with Crippen molar-refractivity contribution in [2.75, 3.05) is 41.3 Å². The topological polar surface area (TPSA) is 175 Å². The third-order valence-electron chi connectivity index (χ3n) is 9.74. The summed E-state index contributed by atoms with van der Waals surface area (Å²) in [4.78, 5) is 44.0. The van der Waals surface area contributed by atoms with Crippen LogP contribution >= 0.6 is 0 Å². The lowest BCUT2D eigenvalue weighted by Crippen LogP contribution is -2.59. The Morgan fingerprint density at radius 2 is 1.62 bits per heavy atom. The molecule has 0 unspecified atom stereocenters. The van der Waals surface area contributed by atoms with Crippen LogP contribution in [0.1, 0.15) is 47.2 Å². The first-order chi connectivity index (χ1) is 27.2. The van der Waals surface area contributed by atoms with Gasteiger partial charge >= 0.3 is 6.18 Å². The van der Waals surface area contributed by atoms with E-state index < -0.39 is 38.9 Å². The molecule has 2 aromatic heterocycles. The summed E-state index contributed by atoms with van der Waals surface area (Å²) in [6, 6.07) is 21.6. The number of benzene rings is 3. The Morgan fingerprint density at radius 3 is 2.17 bits per heavy atom. The highest BCUT2D eigenvalue weighted by atomic mass is 32.2. The molecule has 2 amide bonds. The van der Waals surface area contributed by atoms with Crippen LogP contribution in [0.2, 0.25) is 0 Å². The van der Waals surface area contributed by atoms with E-state index in [-0.39, 0.29) is 27.7 Å². The summed E-state index contributed by atoms with van der Waals surface area (Å²) in [7, 11) is 4.95. The van der Waals surface area contributed by atoms with Crippen molar-refractivity contribution in [2.24, 2.45) is 7.05 Å². The molecule has 0 spiro atoms. The first kappa shape index (κ1) is 43.1. The lowest BCUT2D eigenvalue weighted by atomic mass is 9.94. The summed E-state index contributed by atoms with van der Waals surface area (Å²) in [5.74, 6) is -1.08. The van der Waals surface area contributed by atoms with E-state index in [0.29, 0.717) is 60.2 Å². The van der Waals surface area contributed by atoms with Gasteiger partial charge in [-0.05, 0) is 73.5 Å². The number of rotatable bonds is 10. The molecule has 58 heavy (non-hydrogen) atoms.